The van der Waals surface area contributed by atoms with Gasteiger partial charge < -0.3 is 0 Å². The van der Waals surface area contributed by atoms with Crippen LogP contribution in [-0.2, 0) is 9.84 Å². The van der Waals surface area contributed by atoms with Crippen LogP contribution in [0.4, 0.5) is 0 Å². The number of aromatic amines is 1. The van der Waals surface area contributed by atoms with E-state index in [2.05, 4.69) is 15.1 Å². The molecule has 1 aromatic heterocycles. The number of likely N-dealkylation sites (tertiary alicyclic amines) is 1. The Kier molecular flexibility index (Phi) is 2.56. The predicted molar refractivity (Wildman–Crippen MR) is 56.3 cm³/mol. The Labute approximate surface area is 89.4 Å². The SMILES string of the molecule is CN1CCC[C@@H]1c1[nH]ncc1S(C)(=O)=O. The summed E-state index contributed by atoms with van der Waals surface area (Å²) in [5, 5.41) is 6.65. The van der Waals surface area contributed by atoms with Crippen molar-refractivity contribution in [1.29, 1.82) is 0 Å². The van der Waals surface area contributed by atoms with E-state index in [1.54, 1.807) is 0 Å². The van der Waals surface area contributed by atoms with Crippen molar-refractivity contribution in [3.05, 3.63) is 11.9 Å². The molecule has 1 aliphatic rings. The van der Waals surface area contributed by atoms with E-state index in [0.717, 1.165) is 25.1 Å². The highest BCUT2D eigenvalue weighted by atomic mass is 32.2. The Bertz CT molecular complexity index is 452. The second-order valence-corrected chi connectivity index (χ2v) is 6.04. The fourth-order valence-corrected chi connectivity index (χ4v) is 2.92. The Balaban J connectivity index is 2.41. The van der Waals surface area contributed by atoms with Crippen molar-refractivity contribution in [3.8, 4) is 0 Å². The van der Waals surface area contributed by atoms with Gasteiger partial charge in [-0.05, 0) is 26.4 Å². The average molecular weight is 229 g/mol. The minimum atomic E-state index is -3.17. The van der Waals surface area contributed by atoms with Gasteiger partial charge in [-0.15, -0.1) is 0 Å². The van der Waals surface area contributed by atoms with Crippen LogP contribution in [0.15, 0.2) is 11.1 Å². The van der Waals surface area contributed by atoms with Gasteiger partial charge in [0, 0.05) is 6.26 Å². The van der Waals surface area contributed by atoms with Gasteiger partial charge in [0.05, 0.1) is 17.9 Å². The first-order valence-corrected chi connectivity index (χ1v) is 6.83. The Morgan fingerprint density at radius 2 is 2.33 bits per heavy atom. The lowest BCUT2D eigenvalue weighted by atomic mass is 10.1. The number of sulfone groups is 1. The van der Waals surface area contributed by atoms with Crippen LogP contribution in [-0.4, -0.2) is 43.4 Å². The summed E-state index contributed by atoms with van der Waals surface area (Å²) < 4.78 is 23.0. The second-order valence-electron chi connectivity index (χ2n) is 4.06. The van der Waals surface area contributed by atoms with E-state index in [0.29, 0.717) is 4.90 Å². The topological polar surface area (TPSA) is 66.1 Å². The molecule has 0 saturated carbocycles. The first-order chi connectivity index (χ1) is 7.00. The zero-order chi connectivity index (χ0) is 11.1. The van der Waals surface area contributed by atoms with E-state index in [1.165, 1.54) is 12.5 Å². The second kappa shape index (κ2) is 3.61. The lowest BCUT2D eigenvalue weighted by Crippen LogP contribution is -2.19. The predicted octanol–water partition coefficient (Wildman–Crippen LogP) is 0.580. The number of hydrogen-bond acceptors (Lipinski definition) is 4. The molecule has 84 valence electrons. The van der Waals surface area contributed by atoms with Gasteiger partial charge in [0.25, 0.3) is 0 Å². The molecule has 1 saturated heterocycles. The van der Waals surface area contributed by atoms with Crippen molar-refractivity contribution in [2.45, 2.75) is 23.8 Å². The van der Waals surface area contributed by atoms with E-state index in [-0.39, 0.29) is 6.04 Å². The maximum absolute atomic E-state index is 11.5. The molecule has 5 nitrogen and oxygen atoms in total. The Morgan fingerprint density at radius 1 is 1.60 bits per heavy atom. The highest BCUT2D eigenvalue weighted by Gasteiger charge is 2.29. The summed E-state index contributed by atoms with van der Waals surface area (Å²) in [6.45, 7) is 1.01. The zero-order valence-electron chi connectivity index (χ0n) is 8.90. The molecule has 2 rings (SSSR count). The molecule has 0 unspecified atom stereocenters. The summed E-state index contributed by atoms with van der Waals surface area (Å²) in [7, 11) is -1.17. The van der Waals surface area contributed by atoms with Crippen molar-refractivity contribution in [1.82, 2.24) is 15.1 Å². The van der Waals surface area contributed by atoms with Gasteiger partial charge in [-0.3, -0.25) is 10.00 Å². The van der Waals surface area contributed by atoms with Crippen molar-refractivity contribution in [3.63, 3.8) is 0 Å². The van der Waals surface area contributed by atoms with Crippen LogP contribution in [0.5, 0.6) is 0 Å². The average Bonchev–Trinajstić information content (AvgIpc) is 2.69. The van der Waals surface area contributed by atoms with Gasteiger partial charge in [0.15, 0.2) is 9.84 Å². The fourth-order valence-electron chi connectivity index (χ4n) is 2.09. The highest BCUT2D eigenvalue weighted by Crippen LogP contribution is 2.32. The van der Waals surface area contributed by atoms with Gasteiger partial charge in [0.1, 0.15) is 4.90 Å². The van der Waals surface area contributed by atoms with Crippen LogP contribution in [0.2, 0.25) is 0 Å². The molecule has 0 aliphatic carbocycles. The quantitative estimate of drug-likeness (QED) is 0.805. The Morgan fingerprint density at radius 3 is 2.87 bits per heavy atom. The van der Waals surface area contributed by atoms with Gasteiger partial charge in [-0.2, -0.15) is 5.10 Å². The van der Waals surface area contributed by atoms with E-state index in [9.17, 15) is 8.42 Å². The third-order valence-corrected chi connectivity index (χ3v) is 4.01. The number of rotatable bonds is 2. The molecule has 1 atom stereocenters. The monoisotopic (exact) mass is 229 g/mol. The fraction of sp³-hybridized carbons (Fsp3) is 0.667. The van der Waals surface area contributed by atoms with Gasteiger partial charge in [-0.1, -0.05) is 0 Å². The molecule has 0 radical (unpaired) electrons. The maximum atomic E-state index is 11.5. The molecular weight excluding hydrogens is 214 g/mol. The minimum Gasteiger partial charge on any atom is -0.298 e. The molecule has 2 heterocycles. The summed E-state index contributed by atoms with van der Waals surface area (Å²) >= 11 is 0. The number of nitrogens with one attached hydrogen (secondary N) is 1. The normalized spacial score (nSPS) is 23.5. The molecule has 0 aromatic carbocycles. The molecular formula is C9H15N3O2S. The van der Waals surface area contributed by atoms with Crippen LogP contribution < -0.4 is 0 Å². The summed E-state index contributed by atoms with van der Waals surface area (Å²) in [5.41, 5.74) is 0.734. The standard InChI is InChI=1S/C9H15N3O2S/c1-12-5-3-4-7(12)9-8(6-10-11-9)15(2,13)14/h6-7H,3-5H2,1-2H3,(H,10,11)/t7-/m1/s1. The molecule has 1 aromatic rings. The van der Waals surface area contributed by atoms with E-state index in [1.807, 2.05) is 7.05 Å². The molecule has 0 bridgehead atoms. The molecule has 1 N–H and O–H groups in total. The van der Waals surface area contributed by atoms with Gasteiger partial charge in [0.2, 0.25) is 0 Å². The number of hydrogen-bond donors (Lipinski definition) is 1. The molecule has 1 fully saturated rings. The largest absolute Gasteiger partial charge is 0.298 e. The van der Waals surface area contributed by atoms with Crippen molar-refractivity contribution < 1.29 is 8.42 Å². The third-order valence-electron chi connectivity index (χ3n) is 2.89. The van der Waals surface area contributed by atoms with Crippen LogP contribution in [0.3, 0.4) is 0 Å². The minimum absolute atomic E-state index is 0.164. The number of aromatic nitrogens is 2. The van der Waals surface area contributed by atoms with E-state index in [4.69, 9.17) is 0 Å². The van der Waals surface area contributed by atoms with E-state index < -0.39 is 9.84 Å². The zero-order valence-corrected chi connectivity index (χ0v) is 9.71. The summed E-state index contributed by atoms with van der Waals surface area (Å²) in [4.78, 5) is 2.49. The highest BCUT2D eigenvalue weighted by molar-refractivity contribution is 7.90. The summed E-state index contributed by atoms with van der Waals surface area (Å²) in [6, 6.07) is 0.164. The third kappa shape index (κ3) is 1.91. The smallest absolute Gasteiger partial charge is 0.178 e. The molecule has 6 heteroatoms. The number of H-pyrrole nitrogens is 1. The molecule has 0 spiro atoms. The van der Waals surface area contributed by atoms with E-state index >= 15 is 0 Å². The first-order valence-electron chi connectivity index (χ1n) is 4.93. The van der Waals surface area contributed by atoms with Crippen LogP contribution in [0, 0.1) is 0 Å². The summed E-state index contributed by atoms with van der Waals surface area (Å²) in [6.07, 6.45) is 4.71. The van der Waals surface area contributed by atoms with Crippen LogP contribution in [0.25, 0.3) is 0 Å². The molecule has 1 aliphatic heterocycles. The van der Waals surface area contributed by atoms with Crippen molar-refractivity contribution >= 4 is 9.84 Å². The van der Waals surface area contributed by atoms with Gasteiger partial charge >= 0.3 is 0 Å². The Hall–Kier alpha value is -0.880. The maximum Gasteiger partial charge on any atom is 0.178 e. The summed E-state index contributed by atoms with van der Waals surface area (Å²) in [5.74, 6) is 0. The molecule has 15 heavy (non-hydrogen) atoms. The number of nitrogens with zero attached hydrogens (tertiary/aromatic N) is 2. The van der Waals surface area contributed by atoms with Crippen molar-refractivity contribution in [2.24, 2.45) is 0 Å². The molecule has 0 amide bonds. The van der Waals surface area contributed by atoms with Crippen LogP contribution in [0.1, 0.15) is 24.6 Å². The van der Waals surface area contributed by atoms with Crippen LogP contribution >= 0.6 is 0 Å². The lowest BCUT2D eigenvalue weighted by molar-refractivity contribution is 0.308. The lowest BCUT2D eigenvalue weighted by Gasteiger charge is -2.18. The van der Waals surface area contributed by atoms with Crippen molar-refractivity contribution in [2.75, 3.05) is 19.8 Å². The van der Waals surface area contributed by atoms with Gasteiger partial charge in [-0.25, -0.2) is 8.42 Å². The first kappa shape index (κ1) is 10.6.